The summed E-state index contributed by atoms with van der Waals surface area (Å²) in [5.74, 6) is -1.20. The molecular weight excluding hydrogens is 562 g/mol. The molecule has 45 heavy (non-hydrogen) atoms. The molecule has 0 aliphatic carbocycles. The van der Waals surface area contributed by atoms with E-state index < -0.39 is 30.0 Å². The molecule has 0 spiro atoms. The number of aliphatic hydroxyl groups excluding tert-OH is 1. The number of ketones is 1. The first-order valence-electron chi connectivity index (χ1n) is 19.1. The van der Waals surface area contributed by atoms with Gasteiger partial charge in [0.25, 0.3) is 0 Å². The van der Waals surface area contributed by atoms with E-state index in [9.17, 15) is 19.5 Å². The monoisotopic (exact) mass is 636 g/mol. The number of nitrogens with one attached hydrogen (secondary N) is 1. The van der Waals surface area contributed by atoms with Crippen molar-refractivity contribution in [2.45, 2.75) is 219 Å². The van der Waals surface area contributed by atoms with Crippen molar-refractivity contribution in [1.82, 2.24) is 5.32 Å². The van der Waals surface area contributed by atoms with Crippen molar-refractivity contribution in [2.24, 2.45) is 0 Å². The van der Waals surface area contributed by atoms with Crippen LogP contribution < -0.4 is 5.32 Å². The van der Waals surface area contributed by atoms with Crippen molar-refractivity contribution < 1.29 is 24.2 Å². The fraction of sp³-hybridized carbons (Fsp3) is 0.872. The van der Waals surface area contributed by atoms with Crippen LogP contribution in [0.1, 0.15) is 201 Å². The van der Waals surface area contributed by atoms with Gasteiger partial charge in [-0.3, -0.25) is 14.4 Å². The Morgan fingerprint density at radius 1 is 0.600 bits per heavy atom. The smallest absolute Gasteiger partial charge is 0.303 e. The van der Waals surface area contributed by atoms with Crippen molar-refractivity contribution in [3.8, 4) is 0 Å². The molecule has 0 bridgehead atoms. The molecule has 0 aromatic heterocycles. The minimum absolute atomic E-state index is 0.227. The van der Waals surface area contributed by atoms with Gasteiger partial charge in [-0.2, -0.15) is 0 Å². The molecule has 3 atom stereocenters. The molecule has 0 radical (unpaired) electrons. The molecule has 3 unspecified atom stereocenters. The van der Waals surface area contributed by atoms with Gasteiger partial charge in [-0.15, -0.1) is 0 Å². The summed E-state index contributed by atoms with van der Waals surface area (Å²) in [6.45, 7) is 7.10. The molecule has 0 aromatic rings. The second kappa shape index (κ2) is 32.3. The summed E-state index contributed by atoms with van der Waals surface area (Å²) in [7, 11) is 0. The Morgan fingerprint density at radius 2 is 0.978 bits per heavy atom. The van der Waals surface area contributed by atoms with E-state index in [2.05, 4.69) is 19.2 Å². The molecule has 264 valence electrons. The minimum Gasteiger partial charge on any atom is -0.456 e. The van der Waals surface area contributed by atoms with Gasteiger partial charge in [0.2, 0.25) is 5.91 Å². The van der Waals surface area contributed by atoms with Crippen LogP contribution in [0.15, 0.2) is 12.2 Å². The van der Waals surface area contributed by atoms with E-state index in [-0.39, 0.29) is 5.91 Å². The van der Waals surface area contributed by atoms with Crippen LogP contribution in [0.25, 0.3) is 0 Å². The van der Waals surface area contributed by atoms with Gasteiger partial charge in [0, 0.05) is 13.3 Å². The summed E-state index contributed by atoms with van der Waals surface area (Å²) in [5.41, 5.74) is 0. The molecule has 0 rings (SSSR count). The molecular formula is C39H73NO5. The lowest BCUT2D eigenvalue weighted by molar-refractivity contribution is -0.149. The Morgan fingerprint density at radius 3 is 1.36 bits per heavy atom. The van der Waals surface area contributed by atoms with Crippen LogP contribution in [0.4, 0.5) is 0 Å². The van der Waals surface area contributed by atoms with Crippen LogP contribution >= 0.6 is 0 Å². The molecule has 0 aliphatic heterocycles. The number of esters is 1. The topological polar surface area (TPSA) is 92.7 Å². The third kappa shape index (κ3) is 28.3. The number of Topliss-reactive ketones (excluding diaryl/α,β-unsaturated/α-hetero) is 1. The quantitative estimate of drug-likeness (QED) is 0.0425. The Bertz CT molecular complexity index is 737. The molecule has 0 saturated carbocycles. The van der Waals surface area contributed by atoms with Gasteiger partial charge in [0.1, 0.15) is 18.2 Å². The summed E-state index contributed by atoms with van der Waals surface area (Å²) >= 11 is 0. The van der Waals surface area contributed by atoms with Gasteiger partial charge < -0.3 is 15.2 Å². The zero-order chi connectivity index (χ0) is 33.4. The maximum absolute atomic E-state index is 12.8. The van der Waals surface area contributed by atoms with E-state index in [1.807, 2.05) is 6.08 Å². The predicted molar refractivity (Wildman–Crippen MR) is 189 cm³/mol. The first-order chi connectivity index (χ1) is 21.8. The van der Waals surface area contributed by atoms with Crippen LogP contribution in [-0.4, -0.2) is 41.0 Å². The highest BCUT2D eigenvalue weighted by atomic mass is 16.5. The van der Waals surface area contributed by atoms with Crippen LogP contribution in [0.5, 0.6) is 0 Å². The largest absolute Gasteiger partial charge is 0.456 e. The average Bonchev–Trinajstić information content (AvgIpc) is 3.01. The van der Waals surface area contributed by atoms with Crippen molar-refractivity contribution in [2.75, 3.05) is 0 Å². The van der Waals surface area contributed by atoms with Gasteiger partial charge in [0.15, 0.2) is 5.78 Å². The SMILES string of the molecule is CCCCCCCCCCCCC=CC(OC(C)=O)C(NC(=O)CCCCCCCCCCCCCCCCC)C(O)C(C)=O. The van der Waals surface area contributed by atoms with Gasteiger partial charge >= 0.3 is 5.97 Å². The normalized spacial score (nSPS) is 13.5. The number of hydrogen-bond acceptors (Lipinski definition) is 5. The standard InChI is InChI=1S/C39H73NO5/c1-5-7-9-11-13-15-17-19-20-21-23-25-27-29-31-33-37(43)40-38(39(44)34(3)41)36(45-35(4)42)32-30-28-26-24-22-18-16-14-12-10-8-6-2/h30,32,36,38-39,44H,5-29,31,33H2,1-4H3,(H,40,43). The predicted octanol–water partition coefficient (Wildman–Crippen LogP) is 10.5. The number of carbonyl (C=O) groups excluding carboxylic acids is 3. The first kappa shape index (κ1) is 43.3. The second-order valence-electron chi connectivity index (χ2n) is 13.3. The maximum atomic E-state index is 12.8. The number of hydrogen-bond donors (Lipinski definition) is 2. The van der Waals surface area contributed by atoms with Gasteiger partial charge in [0.05, 0.1) is 0 Å². The Labute approximate surface area is 278 Å². The van der Waals surface area contributed by atoms with Crippen LogP contribution in [0.2, 0.25) is 0 Å². The highest BCUT2D eigenvalue weighted by Crippen LogP contribution is 2.16. The molecule has 0 aliphatic rings. The summed E-state index contributed by atoms with van der Waals surface area (Å²) in [6.07, 6.45) is 34.0. The number of aliphatic hydroxyl groups is 1. The summed E-state index contributed by atoms with van der Waals surface area (Å²) < 4.78 is 5.46. The van der Waals surface area contributed by atoms with E-state index in [0.29, 0.717) is 6.42 Å². The Kier molecular flexibility index (Phi) is 31.0. The molecule has 0 aromatic carbocycles. The highest BCUT2D eigenvalue weighted by molar-refractivity contribution is 5.83. The van der Waals surface area contributed by atoms with E-state index in [4.69, 9.17) is 4.74 Å². The van der Waals surface area contributed by atoms with Crippen molar-refractivity contribution in [3.05, 3.63) is 12.2 Å². The molecule has 0 heterocycles. The fourth-order valence-electron chi connectivity index (χ4n) is 5.91. The number of rotatable bonds is 33. The Balaban J connectivity index is 4.35. The van der Waals surface area contributed by atoms with E-state index in [0.717, 1.165) is 38.5 Å². The van der Waals surface area contributed by atoms with Crippen molar-refractivity contribution in [1.29, 1.82) is 0 Å². The van der Waals surface area contributed by atoms with Gasteiger partial charge in [-0.1, -0.05) is 168 Å². The lowest BCUT2D eigenvalue weighted by Gasteiger charge is -2.28. The zero-order valence-corrected chi connectivity index (χ0v) is 30.1. The molecule has 6 nitrogen and oxygen atoms in total. The average molecular weight is 636 g/mol. The number of ether oxygens (including phenoxy) is 1. The minimum atomic E-state index is -1.44. The number of unbranched alkanes of at least 4 members (excludes halogenated alkanes) is 24. The van der Waals surface area contributed by atoms with Crippen LogP contribution in [0.3, 0.4) is 0 Å². The number of carbonyl (C=O) groups is 3. The summed E-state index contributed by atoms with van der Waals surface area (Å²) in [6, 6.07) is -1.00. The maximum Gasteiger partial charge on any atom is 0.303 e. The Hall–Kier alpha value is -1.69. The van der Waals surface area contributed by atoms with Crippen LogP contribution in [-0.2, 0) is 19.1 Å². The van der Waals surface area contributed by atoms with E-state index in [1.165, 1.54) is 142 Å². The molecule has 0 saturated heterocycles. The number of allylic oxidation sites excluding steroid dienone is 1. The lowest BCUT2D eigenvalue weighted by atomic mass is 9.99. The molecule has 2 N–H and O–H groups in total. The third-order valence-corrected chi connectivity index (χ3v) is 8.80. The van der Waals surface area contributed by atoms with Crippen molar-refractivity contribution in [3.63, 3.8) is 0 Å². The first-order valence-corrected chi connectivity index (χ1v) is 19.1. The van der Waals surface area contributed by atoms with Gasteiger partial charge in [-0.05, 0) is 32.3 Å². The van der Waals surface area contributed by atoms with Gasteiger partial charge in [-0.25, -0.2) is 0 Å². The molecule has 6 heteroatoms. The summed E-state index contributed by atoms with van der Waals surface area (Å²) in [4.78, 5) is 36.7. The number of amides is 1. The second-order valence-corrected chi connectivity index (χ2v) is 13.3. The molecule has 0 fully saturated rings. The van der Waals surface area contributed by atoms with E-state index in [1.54, 1.807) is 6.08 Å². The lowest BCUT2D eigenvalue weighted by Crippen LogP contribution is -2.53. The highest BCUT2D eigenvalue weighted by Gasteiger charge is 2.33. The zero-order valence-electron chi connectivity index (χ0n) is 30.1. The summed E-state index contributed by atoms with van der Waals surface area (Å²) in [5, 5.41) is 13.4. The van der Waals surface area contributed by atoms with Crippen LogP contribution in [0, 0.1) is 0 Å². The molecule has 1 amide bonds. The van der Waals surface area contributed by atoms with Crippen molar-refractivity contribution >= 4 is 17.7 Å². The van der Waals surface area contributed by atoms with E-state index >= 15 is 0 Å². The third-order valence-electron chi connectivity index (χ3n) is 8.80. The fourth-order valence-corrected chi connectivity index (χ4v) is 5.91.